The number of benzene rings is 1. The quantitative estimate of drug-likeness (QED) is 0.753. The van der Waals surface area contributed by atoms with E-state index in [1.807, 2.05) is 13.0 Å². The van der Waals surface area contributed by atoms with Gasteiger partial charge in [-0.25, -0.2) is 4.39 Å². The molecule has 1 fully saturated rings. The van der Waals surface area contributed by atoms with Gasteiger partial charge in [-0.1, -0.05) is 22.9 Å². The Bertz CT molecular complexity index is 436. The van der Waals surface area contributed by atoms with E-state index in [0.29, 0.717) is 18.1 Å². The maximum atomic E-state index is 14.2. The fourth-order valence-corrected chi connectivity index (χ4v) is 2.96. The summed E-state index contributed by atoms with van der Waals surface area (Å²) >= 11 is 3.44. The second-order valence-electron chi connectivity index (χ2n) is 5.36. The third kappa shape index (κ3) is 4.03. The molecule has 0 aliphatic heterocycles. The first-order chi connectivity index (χ1) is 9.67. The molecular weight excluding hydrogens is 321 g/mol. The molecule has 2 unspecified atom stereocenters. The number of ether oxygens (including phenoxy) is 1. The van der Waals surface area contributed by atoms with E-state index in [2.05, 4.69) is 28.2 Å². The number of halogens is 2. The van der Waals surface area contributed by atoms with Crippen molar-refractivity contribution < 1.29 is 9.13 Å². The molecule has 4 heteroatoms. The van der Waals surface area contributed by atoms with Crippen LogP contribution in [-0.2, 0) is 4.74 Å². The summed E-state index contributed by atoms with van der Waals surface area (Å²) in [6.45, 7) is 5.66. The lowest BCUT2D eigenvalue weighted by Gasteiger charge is -2.29. The highest BCUT2D eigenvalue weighted by molar-refractivity contribution is 9.10. The summed E-state index contributed by atoms with van der Waals surface area (Å²) in [4.78, 5) is 0. The van der Waals surface area contributed by atoms with E-state index in [0.717, 1.165) is 17.4 Å². The first-order valence-electron chi connectivity index (χ1n) is 7.47. The van der Waals surface area contributed by atoms with E-state index in [-0.39, 0.29) is 18.0 Å². The number of rotatable bonds is 8. The predicted molar refractivity (Wildman–Crippen MR) is 83.3 cm³/mol. The first-order valence-corrected chi connectivity index (χ1v) is 8.26. The zero-order chi connectivity index (χ0) is 14.5. The third-order valence-electron chi connectivity index (χ3n) is 3.68. The van der Waals surface area contributed by atoms with Gasteiger partial charge < -0.3 is 10.1 Å². The van der Waals surface area contributed by atoms with Crippen molar-refractivity contribution in [3.05, 3.63) is 34.1 Å². The van der Waals surface area contributed by atoms with Crippen molar-refractivity contribution in [3.63, 3.8) is 0 Å². The van der Waals surface area contributed by atoms with Crippen molar-refractivity contribution in [2.75, 3.05) is 13.2 Å². The molecule has 1 aliphatic carbocycles. The zero-order valence-corrected chi connectivity index (χ0v) is 13.7. The third-order valence-corrected chi connectivity index (χ3v) is 4.17. The summed E-state index contributed by atoms with van der Waals surface area (Å²) in [6.07, 6.45) is 3.46. The van der Waals surface area contributed by atoms with Crippen LogP contribution in [0.5, 0.6) is 0 Å². The fourth-order valence-electron chi connectivity index (χ4n) is 2.58. The van der Waals surface area contributed by atoms with Gasteiger partial charge in [0.2, 0.25) is 0 Å². The Labute approximate surface area is 129 Å². The van der Waals surface area contributed by atoms with E-state index in [1.54, 1.807) is 6.07 Å². The van der Waals surface area contributed by atoms with Crippen LogP contribution in [-0.4, -0.2) is 19.3 Å². The summed E-state index contributed by atoms with van der Waals surface area (Å²) in [5, 5.41) is 3.47. The first kappa shape index (κ1) is 15.9. The highest BCUT2D eigenvalue weighted by Crippen LogP contribution is 2.41. The molecule has 0 saturated heterocycles. The molecule has 0 amide bonds. The second kappa shape index (κ2) is 7.53. The van der Waals surface area contributed by atoms with Crippen molar-refractivity contribution >= 4 is 15.9 Å². The van der Waals surface area contributed by atoms with Crippen molar-refractivity contribution in [1.29, 1.82) is 0 Å². The minimum atomic E-state index is -0.160. The average Bonchev–Trinajstić information content (AvgIpc) is 3.26. The van der Waals surface area contributed by atoms with Crippen LogP contribution in [0.25, 0.3) is 0 Å². The molecule has 112 valence electrons. The van der Waals surface area contributed by atoms with Crippen LogP contribution in [0.1, 0.15) is 44.7 Å². The Morgan fingerprint density at radius 1 is 1.40 bits per heavy atom. The topological polar surface area (TPSA) is 21.3 Å². The van der Waals surface area contributed by atoms with Crippen molar-refractivity contribution in [3.8, 4) is 0 Å². The van der Waals surface area contributed by atoms with Gasteiger partial charge in [0.25, 0.3) is 0 Å². The van der Waals surface area contributed by atoms with Crippen LogP contribution in [0.2, 0.25) is 0 Å². The fraction of sp³-hybridized carbons (Fsp3) is 0.625. The molecule has 1 saturated carbocycles. The van der Waals surface area contributed by atoms with Crippen molar-refractivity contribution in [2.24, 2.45) is 5.92 Å². The minimum absolute atomic E-state index is 0.0651. The predicted octanol–water partition coefficient (Wildman–Crippen LogP) is 4.44. The number of nitrogens with one attached hydrogen (secondary N) is 1. The lowest BCUT2D eigenvalue weighted by atomic mass is 9.97. The Morgan fingerprint density at radius 3 is 2.75 bits per heavy atom. The molecular formula is C16H23BrFNO. The number of hydrogen-bond acceptors (Lipinski definition) is 2. The second-order valence-corrected chi connectivity index (χ2v) is 6.27. The lowest BCUT2D eigenvalue weighted by Crippen LogP contribution is -2.36. The van der Waals surface area contributed by atoms with Crippen LogP contribution in [0.15, 0.2) is 22.7 Å². The summed E-state index contributed by atoms with van der Waals surface area (Å²) in [5.74, 6) is 0.398. The monoisotopic (exact) mass is 343 g/mol. The van der Waals surface area contributed by atoms with E-state index in [1.165, 1.54) is 18.9 Å². The van der Waals surface area contributed by atoms with Gasteiger partial charge in [0, 0.05) is 16.6 Å². The summed E-state index contributed by atoms with van der Waals surface area (Å²) < 4.78 is 21.1. The number of hydrogen-bond donors (Lipinski definition) is 1. The summed E-state index contributed by atoms with van der Waals surface area (Å²) in [6, 6.07) is 5.06. The van der Waals surface area contributed by atoms with E-state index >= 15 is 0 Å². The standard InChI is InChI=1S/C16H23BrFNO/c1-3-9-19-15(16(20-4-2)11-5-6-11)13-10-12(17)7-8-14(13)18/h7-8,10-11,15-16,19H,3-6,9H2,1-2H3. The molecule has 20 heavy (non-hydrogen) atoms. The molecule has 2 nitrogen and oxygen atoms in total. The molecule has 1 aromatic rings. The molecule has 0 heterocycles. The maximum absolute atomic E-state index is 14.2. The summed E-state index contributed by atoms with van der Waals surface area (Å²) in [7, 11) is 0. The van der Waals surface area contributed by atoms with Crippen molar-refractivity contribution in [1.82, 2.24) is 5.32 Å². The van der Waals surface area contributed by atoms with Gasteiger partial charge in [0.15, 0.2) is 0 Å². The average molecular weight is 344 g/mol. The van der Waals surface area contributed by atoms with Crippen LogP contribution in [0.3, 0.4) is 0 Å². The maximum Gasteiger partial charge on any atom is 0.128 e. The molecule has 2 rings (SSSR count). The Balaban J connectivity index is 2.26. The molecule has 1 N–H and O–H groups in total. The van der Waals surface area contributed by atoms with Crippen LogP contribution < -0.4 is 5.32 Å². The highest BCUT2D eigenvalue weighted by atomic mass is 79.9. The molecule has 1 aliphatic rings. The lowest BCUT2D eigenvalue weighted by molar-refractivity contribution is 0.0177. The molecule has 0 bridgehead atoms. The molecule has 2 atom stereocenters. The summed E-state index contributed by atoms with van der Waals surface area (Å²) in [5.41, 5.74) is 0.707. The molecule has 0 aromatic heterocycles. The van der Waals surface area contributed by atoms with Gasteiger partial charge in [-0.2, -0.15) is 0 Å². The van der Waals surface area contributed by atoms with Crippen LogP contribution in [0.4, 0.5) is 4.39 Å². The normalized spacial score (nSPS) is 18.0. The van der Waals surface area contributed by atoms with Gasteiger partial charge >= 0.3 is 0 Å². The Hall–Kier alpha value is -0.450. The van der Waals surface area contributed by atoms with Gasteiger partial charge in [0.05, 0.1) is 12.1 Å². The van der Waals surface area contributed by atoms with Gasteiger partial charge in [-0.3, -0.25) is 0 Å². The molecule has 0 radical (unpaired) electrons. The van der Waals surface area contributed by atoms with Gasteiger partial charge in [-0.15, -0.1) is 0 Å². The minimum Gasteiger partial charge on any atom is -0.376 e. The highest BCUT2D eigenvalue weighted by Gasteiger charge is 2.38. The largest absolute Gasteiger partial charge is 0.376 e. The van der Waals surface area contributed by atoms with E-state index in [4.69, 9.17) is 4.74 Å². The van der Waals surface area contributed by atoms with Gasteiger partial charge in [0.1, 0.15) is 5.82 Å². The van der Waals surface area contributed by atoms with E-state index in [9.17, 15) is 4.39 Å². The zero-order valence-electron chi connectivity index (χ0n) is 12.2. The Morgan fingerprint density at radius 2 is 2.15 bits per heavy atom. The Kier molecular flexibility index (Phi) is 6.00. The molecule has 0 spiro atoms. The SMILES string of the molecule is CCCNC(c1cc(Br)ccc1F)C(OCC)C1CC1. The molecule has 1 aromatic carbocycles. The van der Waals surface area contributed by atoms with Gasteiger partial charge in [-0.05, 0) is 56.8 Å². The van der Waals surface area contributed by atoms with Crippen LogP contribution >= 0.6 is 15.9 Å². The smallest absolute Gasteiger partial charge is 0.128 e. The van der Waals surface area contributed by atoms with E-state index < -0.39 is 0 Å². The van der Waals surface area contributed by atoms with Crippen LogP contribution in [0, 0.1) is 11.7 Å². The van der Waals surface area contributed by atoms with Crippen molar-refractivity contribution in [2.45, 2.75) is 45.3 Å².